The van der Waals surface area contributed by atoms with E-state index in [0.29, 0.717) is 28.3 Å². The maximum atomic E-state index is 12.6. The number of anilines is 2. The second-order valence-corrected chi connectivity index (χ2v) is 6.82. The summed E-state index contributed by atoms with van der Waals surface area (Å²) in [6.45, 7) is 0. The van der Waals surface area contributed by atoms with Gasteiger partial charge in [0.25, 0.3) is 11.8 Å². The number of carbonyl (C=O) groups excluding carboxylic acids is 3. The van der Waals surface area contributed by atoms with E-state index < -0.39 is 18.0 Å². The maximum Gasteiger partial charge on any atom is 0.321 e. The molecule has 1 atom stereocenters. The lowest BCUT2D eigenvalue weighted by Crippen LogP contribution is -2.42. The third kappa shape index (κ3) is 5.85. The Morgan fingerprint density at radius 2 is 1.44 bits per heavy atom. The van der Waals surface area contributed by atoms with Crippen LogP contribution in [0.2, 0.25) is 0 Å². The highest BCUT2D eigenvalue weighted by atomic mass is 16.5. The van der Waals surface area contributed by atoms with E-state index in [1.165, 1.54) is 7.05 Å². The zero-order valence-corrected chi connectivity index (χ0v) is 17.7. The Hall–Kier alpha value is -4.33. The fourth-order valence-electron chi connectivity index (χ4n) is 2.95. The molecule has 0 bridgehead atoms. The molecule has 0 heterocycles. The van der Waals surface area contributed by atoms with Gasteiger partial charge in [0.15, 0.2) is 0 Å². The zero-order valence-electron chi connectivity index (χ0n) is 17.7. The summed E-state index contributed by atoms with van der Waals surface area (Å²) >= 11 is 0. The van der Waals surface area contributed by atoms with E-state index in [1.807, 2.05) is 18.2 Å². The molecule has 3 aromatic rings. The van der Waals surface area contributed by atoms with Crippen molar-refractivity contribution in [3.8, 4) is 5.75 Å². The number of imide groups is 1. The molecule has 0 aliphatic carbocycles. The summed E-state index contributed by atoms with van der Waals surface area (Å²) in [6, 6.07) is 21.4. The van der Waals surface area contributed by atoms with Crippen LogP contribution in [0.3, 0.4) is 0 Å². The van der Waals surface area contributed by atoms with Crippen molar-refractivity contribution in [3.63, 3.8) is 0 Å². The van der Waals surface area contributed by atoms with E-state index in [0.717, 1.165) is 0 Å². The number of carbonyl (C=O) groups is 3. The lowest BCUT2D eigenvalue weighted by molar-refractivity contribution is -0.120. The molecular formula is C24H24N4O4. The van der Waals surface area contributed by atoms with E-state index in [1.54, 1.807) is 67.8 Å². The van der Waals surface area contributed by atoms with Gasteiger partial charge < -0.3 is 20.7 Å². The topological polar surface area (TPSA) is 109 Å². The first-order valence-corrected chi connectivity index (χ1v) is 9.89. The van der Waals surface area contributed by atoms with E-state index in [2.05, 4.69) is 21.3 Å². The van der Waals surface area contributed by atoms with Gasteiger partial charge in [0.1, 0.15) is 11.8 Å². The average molecular weight is 432 g/mol. The molecule has 4 N–H and O–H groups in total. The Morgan fingerprint density at radius 3 is 2.03 bits per heavy atom. The van der Waals surface area contributed by atoms with E-state index in [4.69, 9.17) is 4.74 Å². The van der Waals surface area contributed by atoms with Gasteiger partial charge in [0, 0.05) is 24.0 Å². The summed E-state index contributed by atoms with van der Waals surface area (Å²) in [4.78, 5) is 36.7. The molecule has 3 rings (SSSR count). The number of methoxy groups -OCH3 is 1. The monoisotopic (exact) mass is 432 g/mol. The van der Waals surface area contributed by atoms with Crippen LogP contribution >= 0.6 is 0 Å². The summed E-state index contributed by atoms with van der Waals surface area (Å²) in [5.41, 5.74) is 2.41. The molecule has 3 aromatic carbocycles. The fourth-order valence-corrected chi connectivity index (χ4v) is 2.95. The highest BCUT2D eigenvalue weighted by Gasteiger charge is 2.22. The van der Waals surface area contributed by atoms with Crippen molar-refractivity contribution >= 4 is 29.2 Å². The summed E-state index contributed by atoms with van der Waals surface area (Å²) in [5, 5.41) is 10.6. The number of hydrogen-bond donors (Lipinski definition) is 4. The summed E-state index contributed by atoms with van der Waals surface area (Å²) in [5.74, 6) is -0.0672. The predicted molar refractivity (Wildman–Crippen MR) is 123 cm³/mol. The van der Waals surface area contributed by atoms with Crippen LogP contribution in [0.5, 0.6) is 5.75 Å². The molecule has 164 valence electrons. The molecule has 0 aliphatic heterocycles. The SMILES string of the molecule is CNC(=O)NC(=O)[C@H](Nc1ccc(C(=O)Nc2ccc(OC)cc2)cc1)c1ccccc1. The van der Waals surface area contributed by atoms with Crippen LogP contribution < -0.4 is 26.0 Å². The van der Waals surface area contributed by atoms with Gasteiger partial charge in [0.2, 0.25) is 0 Å². The molecule has 0 saturated heterocycles. The first-order chi connectivity index (χ1) is 15.5. The number of rotatable bonds is 7. The lowest BCUT2D eigenvalue weighted by Gasteiger charge is -2.19. The third-order valence-corrected chi connectivity index (χ3v) is 4.66. The summed E-state index contributed by atoms with van der Waals surface area (Å²) < 4.78 is 5.11. The van der Waals surface area contributed by atoms with Crippen molar-refractivity contribution in [1.29, 1.82) is 0 Å². The van der Waals surface area contributed by atoms with Crippen LogP contribution in [-0.4, -0.2) is 32.0 Å². The first-order valence-electron chi connectivity index (χ1n) is 9.89. The molecule has 32 heavy (non-hydrogen) atoms. The molecule has 0 fully saturated rings. The van der Waals surface area contributed by atoms with Crippen molar-refractivity contribution in [2.24, 2.45) is 0 Å². The Balaban J connectivity index is 1.71. The highest BCUT2D eigenvalue weighted by molar-refractivity contribution is 6.04. The van der Waals surface area contributed by atoms with E-state index >= 15 is 0 Å². The van der Waals surface area contributed by atoms with E-state index in [9.17, 15) is 14.4 Å². The number of hydrogen-bond acceptors (Lipinski definition) is 5. The number of urea groups is 1. The Bertz CT molecular complexity index is 1070. The normalized spacial score (nSPS) is 11.1. The highest BCUT2D eigenvalue weighted by Crippen LogP contribution is 2.21. The Morgan fingerprint density at radius 1 is 0.812 bits per heavy atom. The lowest BCUT2D eigenvalue weighted by atomic mass is 10.1. The predicted octanol–water partition coefficient (Wildman–Crippen LogP) is 3.56. The molecule has 0 aliphatic rings. The average Bonchev–Trinajstić information content (AvgIpc) is 2.83. The first kappa shape index (κ1) is 22.4. The molecule has 0 unspecified atom stereocenters. The molecule has 0 spiro atoms. The largest absolute Gasteiger partial charge is 0.497 e. The van der Waals surface area contributed by atoms with Crippen LogP contribution in [0, 0.1) is 0 Å². The van der Waals surface area contributed by atoms with Crippen LogP contribution in [0.15, 0.2) is 78.9 Å². The van der Waals surface area contributed by atoms with Crippen LogP contribution in [0.25, 0.3) is 0 Å². The quantitative estimate of drug-likeness (QED) is 0.457. The van der Waals surface area contributed by atoms with Gasteiger partial charge in [-0.1, -0.05) is 30.3 Å². The minimum atomic E-state index is -0.799. The fraction of sp³-hybridized carbons (Fsp3) is 0.125. The minimum Gasteiger partial charge on any atom is -0.497 e. The van der Waals surface area contributed by atoms with Crippen LogP contribution in [0.1, 0.15) is 22.0 Å². The van der Waals surface area contributed by atoms with Gasteiger partial charge in [0.05, 0.1) is 7.11 Å². The molecule has 0 radical (unpaired) electrons. The maximum absolute atomic E-state index is 12.6. The second-order valence-electron chi connectivity index (χ2n) is 6.82. The van der Waals surface area contributed by atoms with Crippen molar-refractivity contribution in [2.75, 3.05) is 24.8 Å². The number of benzene rings is 3. The Kier molecular flexibility index (Phi) is 7.42. The van der Waals surface area contributed by atoms with Crippen LogP contribution in [0.4, 0.5) is 16.2 Å². The van der Waals surface area contributed by atoms with Gasteiger partial charge in [-0.25, -0.2) is 4.79 Å². The van der Waals surface area contributed by atoms with Gasteiger partial charge in [-0.05, 0) is 54.1 Å². The zero-order chi connectivity index (χ0) is 22.9. The van der Waals surface area contributed by atoms with Crippen LogP contribution in [-0.2, 0) is 4.79 Å². The van der Waals surface area contributed by atoms with Crippen molar-refractivity contribution < 1.29 is 19.1 Å². The minimum absolute atomic E-state index is 0.265. The standard InChI is InChI=1S/C24H24N4O4/c1-25-24(31)28-23(30)21(16-6-4-3-5-7-16)26-18-10-8-17(9-11-18)22(29)27-19-12-14-20(32-2)15-13-19/h3-15,21,26H,1-2H3,(H,27,29)(H2,25,28,30,31)/t21-/m1/s1. The van der Waals surface area contributed by atoms with E-state index in [-0.39, 0.29) is 5.91 Å². The molecule has 4 amide bonds. The van der Waals surface area contributed by atoms with Gasteiger partial charge in [-0.2, -0.15) is 0 Å². The molecular weight excluding hydrogens is 408 g/mol. The van der Waals surface area contributed by atoms with Crippen molar-refractivity contribution in [1.82, 2.24) is 10.6 Å². The molecule has 0 saturated carbocycles. The Labute approximate surface area is 186 Å². The summed E-state index contributed by atoms with van der Waals surface area (Å²) in [7, 11) is 3.01. The summed E-state index contributed by atoms with van der Waals surface area (Å²) in [6.07, 6.45) is 0. The molecule has 0 aromatic heterocycles. The smallest absolute Gasteiger partial charge is 0.321 e. The van der Waals surface area contributed by atoms with Crippen molar-refractivity contribution in [2.45, 2.75) is 6.04 Å². The number of nitrogens with one attached hydrogen (secondary N) is 4. The number of amides is 4. The van der Waals surface area contributed by atoms with Gasteiger partial charge in [-0.15, -0.1) is 0 Å². The second kappa shape index (κ2) is 10.6. The molecule has 8 nitrogen and oxygen atoms in total. The van der Waals surface area contributed by atoms with Gasteiger partial charge >= 0.3 is 6.03 Å². The third-order valence-electron chi connectivity index (χ3n) is 4.66. The molecule has 8 heteroatoms. The number of ether oxygens (including phenoxy) is 1. The van der Waals surface area contributed by atoms with Crippen molar-refractivity contribution in [3.05, 3.63) is 90.0 Å². The van der Waals surface area contributed by atoms with Gasteiger partial charge in [-0.3, -0.25) is 14.9 Å².